The van der Waals surface area contributed by atoms with Crippen LogP contribution in [0.3, 0.4) is 0 Å². The van der Waals surface area contributed by atoms with Gasteiger partial charge in [-0.25, -0.2) is 0 Å². The molecule has 0 saturated carbocycles. The summed E-state index contributed by atoms with van der Waals surface area (Å²) in [6, 6.07) is 19.5. The molecule has 0 unspecified atom stereocenters. The zero-order valence-corrected chi connectivity index (χ0v) is 15.4. The SMILES string of the molecule is C/C(=N/N1CCN(Cc2cccc3ccccc23)CC1)c1cccs1. The molecule has 0 atom stereocenters. The standard InChI is InChI=1S/C21H23N3S/c1-17(21-10-5-15-25-21)22-24-13-11-23(12-14-24)16-19-8-4-7-18-6-2-3-9-20(18)19/h2-10,15H,11-14,16H2,1H3/b22-17-. The largest absolute Gasteiger partial charge is 0.295 e. The minimum absolute atomic E-state index is 0.994. The zero-order valence-electron chi connectivity index (χ0n) is 14.6. The molecule has 1 fully saturated rings. The molecule has 1 aliphatic rings. The van der Waals surface area contributed by atoms with E-state index >= 15 is 0 Å². The number of rotatable bonds is 4. The number of fused-ring (bicyclic) bond motifs is 1. The highest BCUT2D eigenvalue weighted by Gasteiger charge is 2.17. The van der Waals surface area contributed by atoms with Crippen molar-refractivity contribution in [2.24, 2.45) is 5.10 Å². The molecular weight excluding hydrogens is 326 g/mol. The van der Waals surface area contributed by atoms with E-state index in [1.165, 1.54) is 21.2 Å². The van der Waals surface area contributed by atoms with Gasteiger partial charge in [0.1, 0.15) is 0 Å². The number of hydrogen-bond acceptors (Lipinski definition) is 4. The summed E-state index contributed by atoms with van der Waals surface area (Å²) in [5.74, 6) is 0. The summed E-state index contributed by atoms with van der Waals surface area (Å²) in [4.78, 5) is 3.80. The summed E-state index contributed by atoms with van der Waals surface area (Å²) >= 11 is 1.76. The maximum Gasteiger partial charge on any atom is 0.0746 e. The van der Waals surface area contributed by atoms with Gasteiger partial charge in [0, 0.05) is 37.6 Å². The molecule has 1 saturated heterocycles. The molecule has 0 radical (unpaired) electrons. The molecule has 25 heavy (non-hydrogen) atoms. The van der Waals surface area contributed by atoms with Crippen LogP contribution in [0.5, 0.6) is 0 Å². The normalized spacial score (nSPS) is 16.5. The molecule has 3 aromatic rings. The fourth-order valence-electron chi connectivity index (χ4n) is 3.41. The summed E-state index contributed by atoms with van der Waals surface area (Å²) in [5, 5.41) is 11.8. The Hall–Kier alpha value is -2.17. The highest BCUT2D eigenvalue weighted by molar-refractivity contribution is 7.12. The van der Waals surface area contributed by atoms with E-state index in [2.05, 4.69) is 76.8 Å². The van der Waals surface area contributed by atoms with Gasteiger partial charge < -0.3 is 0 Å². The van der Waals surface area contributed by atoms with Gasteiger partial charge >= 0.3 is 0 Å². The van der Waals surface area contributed by atoms with Gasteiger partial charge in [0.15, 0.2) is 0 Å². The zero-order chi connectivity index (χ0) is 17.1. The molecule has 2 aromatic carbocycles. The molecule has 0 aliphatic carbocycles. The molecule has 0 bridgehead atoms. The molecule has 1 aliphatic heterocycles. The van der Waals surface area contributed by atoms with Gasteiger partial charge in [-0.3, -0.25) is 9.91 Å². The van der Waals surface area contributed by atoms with Gasteiger partial charge in [0.2, 0.25) is 0 Å². The van der Waals surface area contributed by atoms with Crippen LogP contribution >= 0.6 is 11.3 Å². The second-order valence-electron chi connectivity index (χ2n) is 6.53. The lowest BCUT2D eigenvalue weighted by Gasteiger charge is -2.33. The molecular formula is C21H23N3S. The summed E-state index contributed by atoms with van der Waals surface area (Å²) in [7, 11) is 0. The Morgan fingerprint density at radius 2 is 1.76 bits per heavy atom. The van der Waals surface area contributed by atoms with E-state index in [0.29, 0.717) is 0 Å². The Bertz CT molecular complexity index is 856. The van der Waals surface area contributed by atoms with Crippen LogP contribution in [0.25, 0.3) is 10.8 Å². The maximum absolute atomic E-state index is 4.80. The van der Waals surface area contributed by atoms with Crippen molar-refractivity contribution in [1.82, 2.24) is 9.91 Å². The Morgan fingerprint density at radius 3 is 2.56 bits per heavy atom. The minimum atomic E-state index is 0.994. The first-order chi connectivity index (χ1) is 12.3. The van der Waals surface area contributed by atoms with Gasteiger partial charge in [-0.1, -0.05) is 48.5 Å². The molecule has 3 nitrogen and oxygen atoms in total. The van der Waals surface area contributed by atoms with Gasteiger partial charge in [-0.05, 0) is 34.7 Å². The van der Waals surface area contributed by atoms with Gasteiger partial charge in [-0.15, -0.1) is 11.3 Å². The van der Waals surface area contributed by atoms with Crippen molar-refractivity contribution in [3.63, 3.8) is 0 Å². The maximum atomic E-state index is 4.80. The summed E-state index contributed by atoms with van der Waals surface area (Å²) in [6.07, 6.45) is 0. The van der Waals surface area contributed by atoms with Crippen LogP contribution in [0, 0.1) is 0 Å². The Morgan fingerprint density at radius 1 is 0.960 bits per heavy atom. The van der Waals surface area contributed by atoms with E-state index in [9.17, 15) is 0 Å². The van der Waals surface area contributed by atoms with Crippen LogP contribution in [-0.4, -0.2) is 41.8 Å². The van der Waals surface area contributed by atoms with Crippen LogP contribution < -0.4 is 0 Å². The predicted molar refractivity (Wildman–Crippen MR) is 107 cm³/mol. The third-order valence-electron chi connectivity index (χ3n) is 4.79. The minimum Gasteiger partial charge on any atom is -0.295 e. The average molecular weight is 350 g/mol. The van der Waals surface area contributed by atoms with E-state index < -0.39 is 0 Å². The average Bonchev–Trinajstić information content (AvgIpc) is 3.19. The summed E-state index contributed by atoms with van der Waals surface area (Å²) < 4.78 is 0. The molecule has 2 heterocycles. The van der Waals surface area contributed by atoms with Crippen molar-refractivity contribution in [2.75, 3.05) is 26.2 Å². The van der Waals surface area contributed by atoms with Crippen LogP contribution in [0.2, 0.25) is 0 Å². The fraction of sp³-hybridized carbons (Fsp3) is 0.286. The number of hydrogen-bond donors (Lipinski definition) is 0. The Balaban J connectivity index is 1.40. The van der Waals surface area contributed by atoms with Crippen molar-refractivity contribution in [1.29, 1.82) is 0 Å². The van der Waals surface area contributed by atoms with E-state index in [4.69, 9.17) is 5.10 Å². The fourth-order valence-corrected chi connectivity index (χ4v) is 4.08. The number of benzene rings is 2. The van der Waals surface area contributed by atoms with E-state index in [0.717, 1.165) is 38.4 Å². The molecule has 4 heteroatoms. The van der Waals surface area contributed by atoms with Crippen molar-refractivity contribution in [2.45, 2.75) is 13.5 Å². The smallest absolute Gasteiger partial charge is 0.0746 e. The number of piperazine rings is 1. The topological polar surface area (TPSA) is 18.8 Å². The highest BCUT2D eigenvalue weighted by atomic mass is 32.1. The lowest BCUT2D eigenvalue weighted by Crippen LogP contribution is -2.43. The van der Waals surface area contributed by atoms with Gasteiger partial charge in [0.05, 0.1) is 5.71 Å². The van der Waals surface area contributed by atoms with Gasteiger partial charge in [0.25, 0.3) is 0 Å². The molecule has 4 rings (SSSR count). The van der Waals surface area contributed by atoms with E-state index in [1.54, 1.807) is 11.3 Å². The van der Waals surface area contributed by atoms with Crippen molar-refractivity contribution >= 4 is 27.8 Å². The Labute approximate surface area is 153 Å². The molecule has 0 N–H and O–H groups in total. The first-order valence-corrected chi connectivity index (χ1v) is 9.70. The lowest BCUT2D eigenvalue weighted by molar-refractivity contribution is 0.131. The van der Waals surface area contributed by atoms with Crippen molar-refractivity contribution < 1.29 is 0 Å². The van der Waals surface area contributed by atoms with E-state index in [1.807, 2.05) is 0 Å². The first kappa shape index (κ1) is 16.3. The number of thiophene rings is 1. The van der Waals surface area contributed by atoms with Crippen LogP contribution in [0.4, 0.5) is 0 Å². The Kier molecular flexibility index (Phi) is 4.81. The van der Waals surface area contributed by atoms with Crippen LogP contribution in [-0.2, 0) is 6.54 Å². The second-order valence-corrected chi connectivity index (χ2v) is 7.48. The van der Waals surface area contributed by atoms with Crippen molar-refractivity contribution in [3.05, 3.63) is 70.4 Å². The monoisotopic (exact) mass is 349 g/mol. The highest BCUT2D eigenvalue weighted by Crippen LogP contribution is 2.20. The van der Waals surface area contributed by atoms with Gasteiger partial charge in [-0.2, -0.15) is 5.10 Å². The second kappa shape index (κ2) is 7.38. The predicted octanol–water partition coefficient (Wildman–Crippen LogP) is 4.44. The van der Waals surface area contributed by atoms with Crippen molar-refractivity contribution in [3.8, 4) is 0 Å². The quantitative estimate of drug-likeness (QED) is 0.648. The molecule has 1 aromatic heterocycles. The number of nitrogens with zero attached hydrogens (tertiary/aromatic N) is 3. The third-order valence-corrected chi connectivity index (χ3v) is 5.77. The molecule has 0 spiro atoms. The van der Waals surface area contributed by atoms with Crippen LogP contribution in [0.15, 0.2) is 65.1 Å². The summed E-state index contributed by atoms with van der Waals surface area (Å²) in [6.45, 7) is 7.23. The summed E-state index contributed by atoms with van der Waals surface area (Å²) in [5.41, 5.74) is 2.54. The lowest BCUT2D eigenvalue weighted by atomic mass is 10.0. The first-order valence-electron chi connectivity index (χ1n) is 8.82. The van der Waals surface area contributed by atoms with Crippen LogP contribution in [0.1, 0.15) is 17.4 Å². The van der Waals surface area contributed by atoms with E-state index in [-0.39, 0.29) is 0 Å². The number of hydrazone groups is 1. The molecule has 128 valence electrons. The molecule has 0 amide bonds. The third kappa shape index (κ3) is 3.75.